The predicted molar refractivity (Wildman–Crippen MR) is 82.8 cm³/mol. The van der Waals surface area contributed by atoms with Crippen LogP contribution in [0.2, 0.25) is 0 Å². The van der Waals surface area contributed by atoms with Crippen molar-refractivity contribution in [2.45, 2.75) is 20.0 Å². The number of hydrogen-bond donors (Lipinski definition) is 2. The van der Waals surface area contributed by atoms with Crippen LogP contribution in [0.1, 0.15) is 22.8 Å². The van der Waals surface area contributed by atoms with Gasteiger partial charge in [0.05, 0.1) is 0 Å². The fourth-order valence-electron chi connectivity index (χ4n) is 1.89. The molecule has 22 heavy (non-hydrogen) atoms. The first-order valence-electron chi connectivity index (χ1n) is 6.84. The Kier molecular flexibility index (Phi) is 4.78. The quantitative estimate of drug-likeness (QED) is 0.851. The third-order valence-electron chi connectivity index (χ3n) is 3.06. The molecule has 0 spiro atoms. The Morgan fingerprint density at radius 2 is 1.86 bits per heavy atom. The summed E-state index contributed by atoms with van der Waals surface area (Å²) in [5.41, 5.74) is 1.67. The van der Waals surface area contributed by atoms with Crippen molar-refractivity contribution in [3.8, 4) is 5.75 Å². The summed E-state index contributed by atoms with van der Waals surface area (Å²) in [5, 5.41) is 12.3. The summed E-state index contributed by atoms with van der Waals surface area (Å²) in [5.74, 6) is -1.36. The van der Waals surface area contributed by atoms with E-state index in [1.165, 1.54) is 19.1 Å². The summed E-state index contributed by atoms with van der Waals surface area (Å²) >= 11 is 0. The van der Waals surface area contributed by atoms with Crippen molar-refractivity contribution in [3.05, 3.63) is 59.7 Å². The minimum atomic E-state index is -0.979. The first-order valence-corrected chi connectivity index (χ1v) is 6.84. The maximum Gasteiger partial charge on any atom is 0.342 e. The van der Waals surface area contributed by atoms with Crippen molar-refractivity contribution in [1.82, 2.24) is 0 Å². The van der Waals surface area contributed by atoms with Gasteiger partial charge in [0.2, 0.25) is 0 Å². The van der Waals surface area contributed by atoms with Gasteiger partial charge in [-0.1, -0.05) is 24.3 Å². The van der Waals surface area contributed by atoms with Crippen LogP contribution in [-0.2, 0) is 9.53 Å². The smallest absolute Gasteiger partial charge is 0.342 e. The second-order valence-corrected chi connectivity index (χ2v) is 4.92. The molecule has 0 heterocycles. The zero-order valence-corrected chi connectivity index (χ0v) is 12.4. The monoisotopic (exact) mass is 299 g/mol. The van der Waals surface area contributed by atoms with E-state index in [2.05, 4.69) is 5.32 Å². The van der Waals surface area contributed by atoms with E-state index >= 15 is 0 Å². The first kappa shape index (κ1) is 15.6. The van der Waals surface area contributed by atoms with E-state index < -0.39 is 18.0 Å². The van der Waals surface area contributed by atoms with Gasteiger partial charge in [0.25, 0.3) is 5.91 Å². The van der Waals surface area contributed by atoms with Crippen LogP contribution in [0, 0.1) is 6.92 Å². The normalized spacial score (nSPS) is 11.5. The average molecular weight is 299 g/mol. The van der Waals surface area contributed by atoms with E-state index in [0.717, 1.165) is 5.56 Å². The predicted octanol–water partition coefficient (Wildman–Crippen LogP) is 2.88. The van der Waals surface area contributed by atoms with Crippen molar-refractivity contribution in [2.24, 2.45) is 0 Å². The number of phenolic OH excluding ortho intramolecular Hbond substituents is 1. The van der Waals surface area contributed by atoms with Crippen molar-refractivity contribution in [2.75, 3.05) is 5.32 Å². The average Bonchev–Trinajstić information content (AvgIpc) is 2.47. The second-order valence-electron chi connectivity index (χ2n) is 4.92. The molecule has 0 radical (unpaired) electrons. The van der Waals surface area contributed by atoms with Crippen LogP contribution < -0.4 is 5.32 Å². The minimum Gasteiger partial charge on any atom is -0.507 e. The molecule has 0 bridgehead atoms. The highest BCUT2D eigenvalue weighted by Crippen LogP contribution is 2.17. The molecule has 5 nitrogen and oxygen atoms in total. The van der Waals surface area contributed by atoms with Crippen molar-refractivity contribution < 1.29 is 19.4 Å². The summed E-state index contributed by atoms with van der Waals surface area (Å²) in [7, 11) is 0. The zero-order chi connectivity index (χ0) is 16.1. The number of amides is 1. The van der Waals surface area contributed by atoms with Crippen LogP contribution in [0.25, 0.3) is 0 Å². The van der Waals surface area contributed by atoms with Crippen LogP contribution >= 0.6 is 0 Å². The number of nitrogens with one attached hydrogen (secondary N) is 1. The Hall–Kier alpha value is -2.82. The van der Waals surface area contributed by atoms with Gasteiger partial charge in [0.15, 0.2) is 6.10 Å². The lowest BCUT2D eigenvalue weighted by Gasteiger charge is -2.14. The van der Waals surface area contributed by atoms with E-state index in [1.54, 1.807) is 18.2 Å². The number of aromatic hydroxyl groups is 1. The Balaban J connectivity index is 1.99. The van der Waals surface area contributed by atoms with Gasteiger partial charge in [0.1, 0.15) is 11.3 Å². The standard InChI is InChI=1S/C17H17NO4/c1-11-6-5-7-13(10-11)18-16(20)12(2)22-17(21)14-8-3-4-9-15(14)19/h3-10,12,19H,1-2H3,(H,18,20)/t12-/m1/s1. The molecular formula is C17H17NO4. The molecule has 2 aromatic rings. The van der Waals surface area contributed by atoms with E-state index in [0.29, 0.717) is 5.69 Å². The lowest BCUT2D eigenvalue weighted by atomic mass is 10.2. The summed E-state index contributed by atoms with van der Waals surface area (Å²) in [6.45, 7) is 3.39. The van der Waals surface area contributed by atoms with Gasteiger partial charge < -0.3 is 15.2 Å². The molecule has 0 aromatic heterocycles. The molecule has 1 amide bonds. The fraction of sp³-hybridized carbons (Fsp3) is 0.176. The lowest BCUT2D eigenvalue weighted by Crippen LogP contribution is -2.30. The molecule has 0 fully saturated rings. The molecule has 0 aliphatic rings. The maximum absolute atomic E-state index is 12.0. The number of ether oxygens (including phenoxy) is 1. The van der Waals surface area contributed by atoms with Gasteiger partial charge >= 0.3 is 5.97 Å². The number of carbonyl (C=O) groups is 2. The summed E-state index contributed by atoms with van der Waals surface area (Å²) < 4.78 is 5.07. The number of esters is 1. The molecule has 0 saturated heterocycles. The van der Waals surface area contributed by atoms with Crippen LogP contribution in [0.3, 0.4) is 0 Å². The zero-order valence-electron chi connectivity index (χ0n) is 12.4. The summed E-state index contributed by atoms with van der Waals surface area (Å²) in [6, 6.07) is 13.3. The van der Waals surface area contributed by atoms with Crippen molar-refractivity contribution in [1.29, 1.82) is 0 Å². The number of para-hydroxylation sites is 1. The molecule has 114 valence electrons. The van der Waals surface area contributed by atoms with Gasteiger partial charge in [-0.25, -0.2) is 4.79 Å². The summed E-state index contributed by atoms with van der Waals surface area (Å²) in [4.78, 5) is 23.9. The molecule has 0 aliphatic heterocycles. The number of anilines is 1. The Morgan fingerprint density at radius 1 is 1.14 bits per heavy atom. The summed E-state index contributed by atoms with van der Waals surface area (Å²) in [6.07, 6.45) is -0.979. The molecule has 0 unspecified atom stereocenters. The van der Waals surface area contributed by atoms with Crippen LogP contribution in [0.4, 0.5) is 5.69 Å². The molecular weight excluding hydrogens is 282 g/mol. The van der Waals surface area contributed by atoms with Gasteiger partial charge in [-0.05, 0) is 43.7 Å². The van der Waals surface area contributed by atoms with Crippen LogP contribution in [-0.4, -0.2) is 23.1 Å². The molecule has 0 aliphatic carbocycles. The van der Waals surface area contributed by atoms with Gasteiger partial charge in [0, 0.05) is 5.69 Å². The van der Waals surface area contributed by atoms with E-state index in [4.69, 9.17) is 4.74 Å². The number of aryl methyl sites for hydroxylation is 1. The van der Waals surface area contributed by atoms with Gasteiger partial charge in [-0.3, -0.25) is 4.79 Å². The van der Waals surface area contributed by atoms with Gasteiger partial charge in [-0.2, -0.15) is 0 Å². The molecule has 2 N–H and O–H groups in total. The Morgan fingerprint density at radius 3 is 2.55 bits per heavy atom. The minimum absolute atomic E-state index is 0.0257. The van der Waals surface area contributed by atoms with Crippen LogP contribution in [0.15, 0.2) is 48.5 Å². The number of carbonyl (C=O) groups excluding carboxylic acids is 2. The van der Waals surface area contributed by atoms with E-state index in [9.17, 15) is 14.7 Å². The third-order valence-corrected chi connectivity index (χ3v) is 3.06. The van der Waals surface area contributed by atoms with Gasteiger partial charge in [-0.15, -0.1) is 0 Å². The molecule has 5 heteroatoms. The Labute approximate surface area is 128 Å². The second kappa shape index (κ2) is 6.76. The van der Waals surface area contributed by atoms with E-state index in [-0.39, 0.29) is 11.3 Å². The van der Waals surface area contributed by atoms with E-state index in [1.807, 2.05) is 25.1 Å². The highest BCUT2D eigenvalue weighted by Gasteiger charge is 2.20. The SMILES string of the molecule is Cc1cccc(NC(=O)[C@@H](C)OC(=O)c2ccccc2O)c1. The number of phenols is 1. The topological polar surface area (TPSA) is 75.6 Å². The largest absolute Gasteiger partial charge is 0.507 e. The number of benzene rings is 2. The molecule has 2 rings (SSSR count). The maximum atomic E-state index is 12.0. The van der Waals surface area contributed by atoms with Crippen molar-refractivity contribution >= 4 is 17.6 Å². The van der Waals surface area contributed by atoms with Crippen LogP contribution in [0.5, 0.6) is 5.75 Å². The number of rotatable bonds is 4. The molecule has 0 saturated carbocycles. The third kappa shape index (κ3) is 3.85. The number of hydrogen-bond acceptors (Lipinski definition) is 4. The lowest BCUT2D eigenvalue weighted by molar-refractivity contribution is -0.123. The first-order chi connectivity index (χ1) is 10.5. The van der Waals surface area contributed by atoms with Crippen molar-refractivity contribution in [3.63, 3.8) is 0 Å². The molecule has 1 atom stereocenters. The Bertz CT molecular complexity index is 697. The molecule has 2 aromatic carbocycles. The fourth-order valence-corrected chi connectivity index (χ4v) is 1.89. The highest BCUT2D eigenvalue weighted by molar-refractivity contribution is 5.98. The highest BCUT2D eigenvalue weighted by atomic mass is 16.5.